The molecule has 212 valence electrons. The van der Waals surface area contributed by atoms with Crippen molar-refractivity contribution in [3.8, 4) is 11.1 Å². The van der Waals surface area contributed by atoms with Gasteiger partial charge in [0.15, 0.2) is 0 Å². The number of nitrogens with zero attached hydrogens (tertiary/aromatic N) is 2. The maximum atomic E-state index is 13.7. The molecule has 0 saturated carbocycles. The largest absolute Gasteiger partial charge is 0.339 e. The lowest BCUT2D eigenvalue weighted by Crippen LogP contribution is -2.28. The van der Waals surface area contributed by atoms with Gasteiger partial charge in [0, 0.05) is 64.0 Å². The highest BCUT2D eigenvalue weighted by Gasteiger charge is 2.23. The second-order valence-corrected chi connectivity index (χ2v) is 14.6. The van der Waals surface area contributed by atoms with Crippen LogP contribution in [0.4, 0.5) is 0 Å². The minimum atomic E-state index is -3.18. The van der Waals surface area contributed by atoms with Gasteiger partial charge in [-0.1, -0.05) is 36.4 Å². The second kappa shape index (κ2) is 12.1. The molecule has 0 aliphatic carbocycles. The molecule has 3 aromatic carbocycles. The third kappa shape index (κ3) is 6.66. The molecule has 8 heteroatoms. The third-order valence-electron chi connectivity index (χ3n) is 7.65. The molecule has 0 N–H and O–H groups in total. The molecule has 2 atom stereocenters. The number of carbonyl (C=O) groups excluding carboxylic acids is 1. The molecule has 5 rings (SSSR count). The molecule has 1 aliphatic rings. The van der Waals surface area contributed by atoms with Crippen molar-refractivity contribution in [1.29, 1.82) is 0 Å². The van der Waals surface area contributed by atoms with E-state index in [1.54, 1.807) is 19.4 Å². The number of benzene rings is 3. The van der Waals surface area contributed by atoms with Crippen molar-refractivity contribution in [3.63, 3.8) is 0 Å². The van der Waals surface area contributed by atoms with E-state index >= 15 is 0 Å². The Kier molecular flexibility index (Phi) is 8.52. The van der Waals surface area contributed by atoms with Gasteiger partial charge >= 0.3 is 0 Å². The van der Waals surface area contributed by atoms with Crippen molar-refractivity contribution >= 4 is 49.1 Å². The highest BCUT2D eigenvalue weighted by Crippen LogP contribution is 2.32. The zero-order valence-electron chi connectivity index (χ0n) is 23.5. The van der Waals surface area contributed by atoms with Gasteiger partial charge in [0.05, 0.1) is 10.8 Å². The summed E-state index contributed by atoms with van der Waals surface area (Å²) in [5, 5.41) is 0.439. The Bertz CT molecular complexity index is 1760. The molecule has 1 amide bonds. The summed E-state index contributed by atoms with van der Waals surface area (Å²) >= 11 is 0. The Balaban J connectivity index is 1.59. The first-order chi connectivity index (χ1) is 19.6. The van der Waals surface area contributed by atoms with E-state index in [2.05, 4.69) is 4.98 Å². The molecule has 4 aromatic rings. The number of carbonyl (C=O) groups is 1. The van der Waals surface area contributed by atoms with Crippen LogP contribution >= 0.6 is 0 Å². The molecule has 0 radical (unpaired) electrons. The zero-order valence-corrected chi connectivity index (χ0v) is 25.2. The van der Waals surface area contributed by atoms with Crippen LogP contribution in [0.5, 0.6) is 0 Å². The summed E-state index contributed by atoms with van der Waals surface area (Å²) in [5.41, 5.74) is 5.85. The quantitative estimate of drug-likeness (QED) is 0.193. The minimum absolute atomic E-state index is 0.0119. The number of hydrogen-bond acceptors (Lipinski definition) is 5. The van der Waals surface area contributed by atoms with Crippen LogP contribution < -0.4 is 0 Å². The Hall–Kier alpha value is -3.62. The second-order valence-electron chi connectivity index (χ2n) is 10.7. The van der Waals surface area contributed by atoms with Crippen molar-refractivity contribution < 1.29 is 17.4 Å². The normalized spacial score (nSPS) is 15.7. The van der Waals surface area contributed by atoms with E-state index < -0.39 is 25.9 Å². The number of aromatic nitrogens is 1. The van der Waals surface area contributed by atoms with Crippen LogP contribution in [-0.4, -0.2) is 59.3 Å². The molecule has 6 nitrogen and oxygen atoms in total. The van der Waals surface area contributed by atoms with Gasteiger partial charge < -0.3 is 4.90 Å². The van der Waals surface area contributed by atoms with Gasteiger partial charge in [-0.25, -0.2) is 8.42 Å². The fraction of sp³-hybridized carbons (Fsp3) is 0.273. The van der Waals surface area contributed by atoms with Crippen molar-refractivity contribution in [3.05, 3.63) is 95.7 Å². The van der Waals surface area contributed by atoms with Gasteiger partial charge in [0.1, 0.15) is 9.84 Å². The molecular formula is C33H34N2O4S2. The average Bonchev–Trinajstić information content (AvgIpc) is 3.50. The number of sulfone groups is 1. The summed E-state index contributed by atoms with van der Waals surface area (Å²) in [6.07, 6.45) is 8.99. The molecule has 41 heavy (non-hydrogen) atoms. The van der Waals surface area contributed by atoms with E-state index in [0.717, 1.165) is 64.7 Å². The fourth-order valence-corrected chi connectivity index (χ4v) is 6.24. The first-order valence-corrected chi connectivity index (χ1v) is 17.2. The molecule has 1 fully saturated rings. The molecule has 0 spiro atoms. The van der Waals surface area contributed by atoms with Crippen molar-refractivity contribution in [2.24, 2.45) is 0 Å². The van der Waals surface area contributed by atoms with E-state index in [4.69, 9.17) is 0 Å². The Morgan fingerprint density at radius 1 is 1.02 bits per heavy atom. The van der Waals surface area contributed by atoms with Crippen LogP contribution in [0.15, 0.2) is 83.9 Å². The van der Waals surface area contributed by atoms with Gasteiger partial charge in [-0.05, 0) is 90.9 Å². The lowest BCUT2D eigenvalue weighted by atomic mass is 9.95. The number of hydrogen-bond donors (Lipinski definition) is 0. The number of amides is 1. The first kappa shape index (κ1) is 28.9. The van der Waals surface area contributed by atoms with Gasteiger partial charge in [-0.15, -0.1) is 0 Å². The zero-order chi connectivity index (χ0) is 29.1. The van der Waals surface area contributed by atoms with Crippen molar-refractivity contribution in [2.75, 3.05) is 25.6 Å². The van der Waals surface area contributed by atoms with Crippen LogP contribution in [-0.2, 0) is 31.9 Å². The van der Waals surface area contributed by atoms with E-state index in [0.29, 0.717) is 16.9 Å². The van der Waals surface area contributed by atoms with Gasteiger partial charge in [0.25, 0.3) is 5.91 Å². The summed E-state index contributed by atoms with van der Waals surface area (Å²) in [4.78, 5) is 20.9. The van der Waals surface area contributed by atoms with Crippen LogP contribution in [0.2, 0.25) is 0 Å². The Morgan fingerprint density at radius 3 is 2.44 bits per heavy atom. The SMILES string of the molecule is CC(Cc1cc(-c2cccc(/C=C(/C(=O)N3CCCC3)c3ccc(S(C)=O)cc3)c2)c2ncccc2c1)S(C)(=O)=O. The summed E-state index contributed by atoms with van der Waals surface area (Å²) in [7, 11) is -4.28. The molecule has 2 heterocycles. The first-order valence-electron chi connectivity index (χ1n) is 13.7. The summed E-state index contributed by atoms with van der Waals surface area (Å²) in [6, 6.07) is 23.3. The summed E-state index contributed by atoms with van der Waals surface area (Å²) in [5.74, 6) is -0.0119. The third-order valence-corrected chi connectivity index (χ3v) is 10.2. The lowest BCUT2D eigenvalue weighted by Gasteiger charge is -2.18. The average molecular weight is 587 g/mol. The maximum Gasteiger partial charge on any atom is 0.254 e. The van der Waals surface area contributed by atoms with Crippen LogP contribution in [0.25, 0.3) is 33.7 Å². The van der Waals surface area contributed by atoms with Crippen LogP contribution in [0, 0.1) is 0 Å². The van der Waals surface area contributed by atoms with Gasteiger partial charge in [0.2, 0.25) is 0 Å². The van der Waals surface area contributed by atoms with Crippen molar-refractivity contribution in [1.82, 2.24) is 9.88 Å². The molecule has 1 saturated heterocycles. The fourth-order valence-electron chi connectivity index (χ4n) is 5.22. The highest BCUT2D eigenvalue weighted by molar-refractivity contribution is 7.91. The standard InChI is InChI=1S/C33H34N2O4S2/c1-23(41(3,38)39)18-25-20-28-10-7-15-34-32(28)30(22-25)27-9-6-8-24(19-27)21-31(33(36)35-16-4-5-17-35)26-11-13-29(14-12-26)40(2)37/h6-15,19-23H,4-5,16-18H2,1-3H3/b31-21+. The predicted octanol–water partition coefficient (Wildman–Crippen LogP) is 5.78. The molecule has 2 unspecified atom stereocenters. The number of pyridine rings is 1. The van der Waals surface area contributed by atoms with E-state index in [1.807, 2.05) is 83.8 Å². The predicted molar refractivity (Wildman–Crippen MR) is 168 cm³/mol. The molecule has 0 bridgehead atoms. The molecular weight excluding hydrogens is 553 g/mol. The van der Waals surface area contributed by atoms with E-state index in [1.165, 1.54) is 6.26 Å². The van der Waals surface area contributed by atoms with E-state index in [9.17, 15) is 17.4 Å². The topological polar surface area (TPSA) is 84.4 Å². The smallest absolute Gasteiger partial charge is 0.254 e. The Morgan fingerprint density at radius 2 is 1.76 bits per heavy atom. The monoisotopic (exact) mass is 586 g/mol. The summed E-state index contributed by atoms with van der Waals surface area (Å²) < 4.78 is 36.3. The Labute approximate surface area is 244 Å². The minimum Gasteiger partial charge on any atom is -0.339 e. The number of fused-ring (bicyclic) bond motifs is 1. The van der Waals surface area contributed by atoms with Gasteiger partial charge in [-0.3, -0.25) is 14.0 Å². The number of likely N-dealkylation sites (tertiary alicyclic amines) is 1. The molecule has 1 aliphatic heterocycles. The highest BCUT2D eigenvalue weighted by atomic mass is 32.2. The maximum absolute atomic E-state index is 13.7. The lowest BCUT2D eigenvalue weighted by molar-refractivity contribution is -0.123. The van der Waals surface area contributed by atoms with E-state index in [-0.39, 0.29) is 5.91 Å². The van der Waals surface area contributed by atoms with Gasteiger partial charge in [-0.2, -0.15) is 0 Å². The number of rotatable bonds is 8. The molecule has 1 aromatic heterocycles. The van der Waals surface area contributed by atoms with Crippen LogP contribution in [0.3, 0.4) is 0 Å². The van der Waals surface area contributed by atoms with Crippen molar-refractivity contribution in [2.45, 2.75) is 36.3 Å². The summed E-state index contributed by atoms with van der Waals surface area (Å²) in [6.45, 7) is 3.21. The van der Waals surface area contributed by atoms with Crippen LogP contribution in [0.1, 0.15) is 36.5 Å².